The van der Waals surface area contributed by atoms with Crippen molar-refractivity contribution in [2.24, 2.45) is 0 Å². The van der Waals surface area contributed by atoms with Gasteiger partial charge in [0.15, 0.2) is 0 Å². The number of carbonyl (C=O) groups is 2. The molecule has 5 nitrogen and oxygen atoms in total. The van der Waals surface area contributed by atoms with Gasteiger partial charge in [-0.15, -0.1) is 0 Å². The molecule has 2 aromatic rings. The molecule has 0 aliphatic carbocycles. The van der Waals surface area contributed by atoms with Crippen LogP contribution in [-0.2, 0) is 0 Å². The molecule has 2 rings (SSSR count). The van der Waals surface area contributed by atoms with Crippen LogP contribution in [0, 0.1) is 20.8 Å². The highest BCUT2D eigenvalue weighted by molar-refractivity contribution is 6.06. The molecule has 2 N–H and O–H groups in total. The zero-order chi connectivity index (χ0) is 16.3. The summed E-state index contributed by atoms with van der Waals surface area (Å²) in [6.07, 6.45) is 0. The molecule has 1 heterocycles. The minimum absolute atomic E-state index is 0.162. The molecule has 2 amide bonds. The number of hydrogen-bond donors (Lipinski definition) is 2. The van der Waals surface area contributed by atoms with E-state index in [0.717, 1.165) is 11.3 Å². The van der Waals surface area contributed by atoms with Crippen molar-refractivity contribution in [3.05, 3.63) is 52.5 Å². The number of hydrogen-bond acceptors (Lipinski definition) is 3. The minimum atomic E-state index is -0.236. The molecule has 116 valence electrons. The van der Waals surface area contributed by atoms with Gasteiger partial charge < -0.3 is 15.1 Å². The summed E-state index contributed by atoms with van der Waals surface area (Å²) in [5.74, 6) is 0.927. The molecule has 0 spiro atoms. The van der Waals surface area contributed by atoms with Gasteiger partial charge in [-0.2, -0.15) is 0 Å². The Hall–Kier alpha value is -2.56. The third-order valence-corrected chi connectivity index (χ3v) is 3.51. The van der Waals surface area contributed by atoms with E-state index in [1.807, 2.05) is 20.8 Å². The first-order valence-corrected chi connectivity index (χ1v) is 7.20. The van der Waals surface area contributed by atoms with E-state index in [1.54, 1.807) is 31.2 Å². The zero-order valence-electron chi connectivity index (χ0n) is 13.2. The van der Waals surface area contributed by atoms with E-state index in [2.05, 4.69) is 10.6 Å². The maximum absolute atomic E-state index is 12.4. The summed E-state index contributed by atoms with van der Waals surface area (Å²) >= 11 is 0. The molecule has 0 unspecified atom stereocenters. The summed E-state index contributed by atoms with van der Waals surface area (Å²) in [5.41, 5.74) is 2.46. The van der Waals surface area contributed by atoms with Gasteiger partial charge in [-0.25, -0.2) is 0 Å². The summed E-state index contributed by atoms with van der Waals surface area (Å²) in [5, 5.41) is 5.54. The molecule has 0 atom stereocenters. The van der Waals surface area contributed by atoms with Crippen LogP contribution in [0.2, 0.25) is 0 Å². The Balaban J connectivity index is 2.22. The molecule has 0 saturated heterocycles. The number of amides is 2. The minimum Gasteiger partial charge on any atom is -0.466 e. The van der Waals surface area contributed by atoms with E-state index in [9.17, 15) is 9.59 Å². The summed E-state index contributed by atoms with van der Waals surface area (Å²) in [6, 6.07) is 6.85. The van der Waals surface area contributed by atoms with Gasteiger partial charge >= 0.3 is 0 Å². The first-order chi connectivity index (χ1) is 10.4. The molecule has 0 aliphatic rings. The van der Waals surface area contributed by atoms with E-state index in [-0.39, 0.29) is 11.8 Å². The van der Waals surface area contributed by atoms with E-state index in [4.69, 9.17) is 4.42 Å². The van der Waals surface area contributed by atoms with E-state index in [1.165, 1.54) is 0 Å². The van der Waals surface area contributed by atoms with Crippen LogP contribution < -0.4 is 10.6 Å². The number of rotatable bonds is 4. The van der Waals surface area contributed by atoms with Crippen LogP contribution in [0.3, 0.4) is 0 Å². The van der Waals surface area contributed by atoms with Crippen molar-refractivity contribution in [1.82, 2.24) is 5.32 Å². The van der Waals surface area contributed by atoms with Gasteiger partial charge in [0.25, 0.3) is 11.8 Å². The lowest BCUT2D eigenvalue weighted by molar-refractivity contribution is 0.0954. The van der Waals surface area contributed by atoms with Crippen LogP contribution in [0.15, 0.2) is 28.7 Å². The van der Waals surface area contributed by atoms with Crippen LogP contribution in [0.5, 0.6) is 0 Å². The van der Waals surface area contributed by atoms with Gasteiger partial charge in [0.1, 0.15) is 11.5 Å². The third kappa shape index (κ3) is 3.19. The third-order valence-electron chi connectivity index (χ3n) is 3.51. The zero-order valence-corrected chi connectivity index (χ0v) is 13.2. The molecule has 0 radical (unpaired) electrons. The molecular formula is C17H20N2O3. The van der Waals surface area contributed by atoms with Gasteiger partial charge in [0.05, 0.1) is 5.56 Å². The largest absolute Gasteiger partial charge is 0.466 e. The molecule has 1 aromatic carbocycles. The number of aryl methyl sites for hydroxylation is 2. The Kier molecular flexibility index (Phi) is 4.65. The average Bonchev–Trinajstić information content (AvgIpc) is 2.72. The predicted octanol–water partition coefficient (Wildman–Crippen LogP) is 3.21. The first kappa shape index (κ1) is 15.8. The highest BCUT2D eigenvalue weighted by Gasteiger charge is 2.18. The van der Waals surface area contributed by atoms with Crippen LogP contribution in [0.25, 0.3) is 0 Å². The molecule has 0 bridgehead atoms. The lowest BCUT2D eigenvalue weighted by Gasteiger charge is -2.08. The van der Waals surface area contributed by atoms with E-state index < -0.39 is 0 Å². The lowest BCUT2D eigenvalue weighted by Crippen LogP contribution is -2.22. The topological polar surface area (TPSA) is 71.3 Å². The second-order valence-corrected chi connectivity index (χ2v) is 5.11. The van der Waals surface area contributed by atoms with Gasteiger partial charge in [-0.1, -0.05) is 6.07 Å². The number of benzene rings is 1. The molecule has 1 aromatic heterocycles. The number of anilines is 1. The molecule has 0 saturated carbocycles. The van der Waals surface area contributed by atoms with Crippen molar-refractivity contribution in [3.8, 4) is 0 Å². The predicted molar refractivity (Wildman–Crippen MR) is 85.3 cm³/mol. The van der Waals surface area contributed by atoms with Gasteiger partial charge in [-0.05, 0) is 45.9 Å². The van der Waals surface area contributed by atoms with Crippen LogP contribution in [-0.4, -0.2) is 18.4 Å². The van der Waals surface area contributed by atoms with Crippen molar-refractivity contribution in [1.29, 1.82) is 0 Å². The van der Waals surface area contributed by atoms with Gasteiger partial charge in [-0.3, -0.25) is 9.59 Å². The highest BCUT2D eigenvalue weighted by atomic mass is 16.3. The number of nitrogens with one attached hydrogen (secondary N) is 2. The second-order valence-electron chi connectivity index (χ2n) is 5.11. The Labute approximate surface area is 129 Å². The summed E-state index contributed by atoms with van der Waals surface area (Å²) in [7, 11) is 0. The van der Waals surface area contributed by atoms with Gasteiger partial charge in [0.2, 0.25) is 0 Å². The molecule has 5 heteroatoms. The summed E-state index contributed by atoms with van der Waals surface area (Å²) < 4.78 is 5.47. The monoisotopic (exact) mass is 300 g/mol. The smallest absolute Gasteiger partial charge is 0.259 e. The van der Waals surface area contributed by atoms with E-state index in [0.29, 0.717) is 29.1 Å². The Bertz CT molecular complexity index is 717. The molecule has 0 fully saturated rings. The number of carbonyl (C=O) groups excluding carboxylic acids is 2. The molecular weight excluding hydrogens is 280 g/mol. The SMILES string of the molecule is CCNC(=O)c1cccc(NC(=O)c2c(C)oc(C)c2C)c1. The highest BCUT2D eigenvalue weighted by Crippen LogP contribution is 2.22. The fourth-order valence-electron chi connectivity index (χ4n) is 2.32. The maximum atomic E-state index is 12.4. The normalized spacial score (nSPS) is 10.4. The number of furan rings is 1. The second kappa shape index (κ2) is 6.47. The van der Waals surface area contributed by atoms with Crippen molar-refractivity contribution in [2.75, 3.05) is 11.9 Å². The quantitative estimate of drug-likeness (QED) is 0.910. The fraction of sp³-hybridized carbons (Fsp3) is 0.294. The van der Waals surface area contributed by atoms with Crippen LogP contribution in [0.4, 0.5) is 5.69 Å². The average molecular weight is 300 g/mol. The van der Waals surface area contributed by atoms with Crippen LogP contribution >= 0.6 is 0 Å². The summed E-state index contributed by atoms with van der Waals surface area (Å²) in [4.78, 5) is 24.2. The lowest BCUT2D eigenvalue weighted by atomic mass is 10.1. The Morgan fingerprint density at radius 1 is 1.09 bits per heavy atom. The van der Waals surface area contributed by atoms with Crippen molar-refractivity contribution in [2.45, 2.75) is 27.7 Å². The fourth-order valence-corrected chi connectivity index (χ4v) is 2.32. The molecule has 0 aliphatic heterocycles. The summed E-state index contributed by atoms with van der Waals surface area (Å²) in [6.45, 7) is 7.86. The Morgan fingerprint density at radius 3 is 2.41 bits per heavy atom. The first-order valence-electron chi connectivity index (χ1n) is 7.20. The van der Waals surface area contributed by atoms with Crippen molar-refractivity contribution < 1.29 is 14.0 Å². The molecule has 22 heavy (non-hydrogen) atoms. The van der Waals surface area contributed by atoms with E-state index >= 15 is 0 Å². The van der Waals surface area contributed by atoms with Gasteiger partial charge in [0, 0.05) is 23.4 Å². The van der Waals surface area contributed by atoms with Crippen molar-refractivity contribution in [3.63, 3.8) is 0 Å². The Morgan fingerprint density at radius 2 is 1.82 bits per heavy atom. The maximum Gasteiger partial charge on any atom is 0.259 e. The van der Waals surface area contributed by atoms with Crippen LogP contribution in [0.1, 0.15) is 44.7 Å². The standard InChI is InChI=1S/C17H20N2O3/c1-5-18-16(20)13-7-6-8-14(9-13)19-17(21)15-10(2)11(3)22-12(15)4/h6-9H,5H2,1-4H3,(H,18,20)(H,19,21). The van der Waals surface area contributed by atoms with Crippen molar-refractivity contribution >= 4 is 17.5 Å².